The second-order valence-electron chi connectivity index (χ2n) is 6.31. The number of nitrogens with zero attached hydrogens (tertiary/aromatic N) is 1. The van der Waals surface area contributed by atoms with E-state index in [0.29, 0.717) is 17.2 Å². The molecule has 0 bridgehead atoms. The molecule has 1 amide bonds. The van der Waals surface area contributed by atoms with E-state index >= 15 is 0 Å². The average molecular weight is 373 g/mol. The Bertz CT molecular complexity index is 1080. The number of H-pyrrole nitrogens is 1. The highest BCUT2D eigenvalue weighted by molar-refractivity contribution is 5.96. The van der Waals surface area contributed by atoms with Gasteiger partial charge in [-0.05, 0) is 61.5 Å². The molecule has 2 N–H and O–H groups in total. The Balaban J connectivity index is 1.35. The number of carbonyl (C=O) groups excluding carboxylic acids is 1. The highest BCUT2D eigenvalue weighted by Crippen LogP contribution is 2.24. The number of hydrogen-bond donors (Lipinski definition) is 2. The zero-order valence-corrected chi connectivity index (χ0v) is 15.3. The number of rotatable bonds is 6. The lowest BCUT2D eigenvalue weighted by Gasteiger charge is -2.15. The second kappa shape index (κ2) is 7.84. The van der Waals surface area contributed by atoms with Gasteiger partial charge in [-0.1, -0.05) is 18.2 Å². The van der Waals surface area contributed by atoms with Crippen LogP contribution in [0, 0.1) is 0 Å². The minimum atomic E-state index is -0.654. The molecule has 0 radical (unpaired) electrons. The minimum absolute atomic E-state index is 0.233. The van der Waals surface area contributed by atoms with Crippen LogP contribution in [0.25, 0.3) is 10.9 Å². The van der Waals surface area contributed by atoms with Crippen LogP contribution in [0.3, 0.4) is 0 Å². The first-order valence-electron chi connectivity index (χ1n) is 8.91. The average Bonchev–Trinajstić information content (AvgIpc) is 3.18. The normalized spacial score (nSPS) is 11.8. The van der Waals surface area contributed by atoms with Crippen molar-refractivity contribution in [1.29, 1.82) is 0 Å². The number of aromatic amines is 1. The largest absolute Gasteiger partial charge is 0.481 e. The zero-order chi connectivity index (χ0) is 19.3. The molecule has 0 fully saturated rings. The molecule has 0 spiro atoms. The third-order valence-corrected chi connectivity index (χ3v) is 4.19. The molecule has 6 nitrogen and oxygen atoms in total. The molecule has 1 heterocycles. The molecule has 0 aliphatic carbocycles. The monoisotopic (exact) mass is 373 g/mol. The van der Waals surface area contributed by atoms with E-state index < -0.39 is 6.10 Å². The molecule has 1 unspecified atom stereocenters. The molecule has 0 saturated carbocycles. The number of ether oxygens (including phenoxy) is 2. The molecule has 4 aromatic rings. The number of amides is 1. The SMILES string of the molecule is CC(Oc1ccc(Oc2ccccc2)cc1)C(=O)Nc1ccc2cn[nH]c2c1. The van der Waals surface area contributed by atoms with Gasteiger partial charge in [0.15, 0.2) is 6.10 Å². The number of para-hydroxylation sites is 1. The first kappa shape index (κ1) is 17.6. The highest BCUT2D eigenvalue weighted by Gasteiger charge is 2.15. The van der Waals surface area contributed by atoms with Crippen molar-refractivity contribution >= 4 is 22.5 Å². The van der Waals surface area contributed by atoms with Crippen molar-refractivity contribution in [2.75, 3.05) is 5.32 Å². The van der Waals surface area contributed by atoms with Crippen molar-refractivity contribution < 1.29 is 14.3 Å². The predicted octanol–water partition coefficient (Wildman–Crippen LogP) is 4.76. The lowest BCUT2D eigenvalue weighted by Crippen LogP contribution is -2.30. The summed E-state index contributed by atoms with van der Waals surface area (Å²) in [6.45, 7) is 1.71. The first-order valence-corrected chi connectivity index (χ1v) is 8.91. The Morgan fingerprint density at radius 3 is 2.46 bits per heavy atom. The number of anilines is 1. The predicted molar refractivity (Wildman–Crippen MR) is 108 cm³/mol. The van der Waals surface area contributed by atoms with Gasteiger partial charge < -0.3 is 14.8 Å². The van der Waals surface area contributed by atoms with Gasteiger partial charge in [-0.25, -0.2) is 0 Å². The van der Waals surface area contributed by atoms with Crippen molar-refractivity contribution in [3.63, 3.8) is 0 Å². The third kappa shape index (κ3) is 4.12. The molecule has 0 saturated heterocycles. The van der Waals surface area contributed by atoms with E-state index in [1.54, 1.807) is 37.4 Å². The van der Waals surface area contributed by atoms with E-state index in [0.717, 1.165) is 16.7 Å². The second-order valence-corrected chi connectivity index (χ2v) is 6.31. The summed E-state index contributed by atoms with van der Waals surface area (Å²) < 4.78 is 11.5. The highest BCUT2D eigenvalue weighted by atomic mass is 16.5. The van der Waals surface area contributed by atoms with E-state index in [9.17, 15) is 4.79 Å². The molecule has 3 aromatic carbocycles. The summed E-state index contributed by atoms with van der Waals surface area (Å²) in [6.07, 6.45) is 1.08. The number of fused-ring (bicyclic) bond motifs is 1. The standard InChI is InChI=1S/C22H19N3O3/c1-15(22(26)24-17-8-7-16-14-23-25-21(16)13-17)27-19-9-11-20(12-10-19)28-18-5-3-2-4-6-18/h2-15H,1H3,(H,23,25)(H,24,26). The number of aromatic nitrogens is 2. The Morgan fingerprint density at radius 2 is 1.68 bits per heavy atom. The molecule has 1 atom stereocenters. The number of hydrogen-bond acceptors (Lipinski definition) is 4. The summed E-state index contributed by atoms with van der Waals surface area (Å²) in [5, 5.41) is 10.7. The number of nitrogens with one attached hydrogen (secondary N) is 2. The van der Waals surface area contributed by atoms with Gasteiger partial charge in [0, 0.05) is 11.1 Å². The summed E-state index contributed by atoms with van der Waals surface area (Å²) in [6, 6.07) is 22.3. The fourth-order valence-corrected chi connectivity index (χ4v) is 2.73. The van der Waals surface area contributed by atoms with E-state index in [-0.39, 0.29) is 5.91 Å². The lowest BCUT2D eigenvalue weighted by atomic mass is 10.2. The van der Waals surface area contributed by atoms with Gasteiger partial charge in [0.25, 0.3) is 5.91 Å². The van der Waals surface area contributed by atoms with Gasteiger partial charge in [-0.15, -0.1) is 0 Å². The van der Waals surface area contributed by atoms with Gasteiger partial charge in [-0.2, -0.15) is 5.10 Å². The van der Waals surface area contributed by atoms with Crippen molar-refractivity contribution in [2.45, 2.75) is 13.0 Å². The zero-order valence-electron chi connectivity index (χ0n) is 15.3. The smallest absolute Gasteiger partial charge is 0.265 e. The van der Waals surface area contributed by atoms with Crippen LogP contribution < -0.4 is 14.8 Å². The molecular formula is C22H19N3O3. The molecule has 0 aliphatic rings. The fraction of sp³-hybridized carbons (Fsp3) is 0.0909. The van der Waals surface area contributed by atoms with Crippen LogP contribution in [-0.2, 0) is 4.79 Å². The Kier molecular flexibility index (Phi) is 4.93. The molecule has 0 aliphatic heterocycles. The Morgan fingerprint density at radius 1 is 0.964 bits per heavy atom. The van der Waals surface area contributed by atoms with Gasteiger partial charge in [-0.3, -0.25) is 9.89 Å². The third-order valence-electron chi connectivity index (χ3n) is 4.19. The maximum Gasteiger partial charge on any atom is 0.265 e. The van der Waals surface area contributed by atoms with Crippen LogP contribution in [0.5, 0.6) is 17.2 Å². The molecular weight excluding hydrogens is 354 g/mol. The Hall–Kier alpha value is -3.80. The summed E-state index contributed by atoms with van der Waals surface area (Å²) in [4.78, 5) is 12.4. The van der Waals surface area contributed by atoms with Crippen molar-refractivity contribution in [1.82, 2.24) is 10.2 Å². The van der Waals surface area contributed by atoms with Crippen LogP contribution in [0.2, 0.25) is 0 Å². The van der Waals surface area contributed by atoms with Gasteiger partial charge in [0.1, 0.15) is 17.2 Å². The topological polar surface area (TPSA) is 76.2 Å². The molecule has 4 rings (SSSR count). The van der Waals surface area contributed by atoms with Crippen molar-refractivity contribution in [3.8, 4) is 17.2 Å². The molecule has 6 heteroatoms. The first-order chi connectivity index (χ1) is 13.7. The van der Waals surface area contributed by atoms with Crippen LogP contribution in [0.1, 0.15) is 6.92 Å². The fourth-order valence-electron chi connectivity index (χ4n) is 2.73. The van der Waals surface area contributed by atoms with Gasteiger partial charge in [0.05, 0.1) is 11.7 Å². The molecule has 140 valence electrons. The van der Waals surface area contributed by atoms with Crippen LogP contribution in [-0.4, -0.2) is 22.2 Å². The van der Waals surface area contributed by atoms with E-state index in [1.165, 1.54) is 0 Å². The molecule has 28 heavy (non-hydrogen) atoms. The van der Waals surface area contributed by atoms with E-state index in [4.69, 9.17) is 9.47 Å². The number of benzene rings is 3. The summed E-state index contributed by atoms with van der Waals surface area (Å²) in [5.41, 5.74) is 1.55. The van der Waals surface area contributed by atoms with Crippen molar-refractivity contribution in [3.05, 3.63) is 79.0 Å². The number of carbonyl (C=O) groups is 1. The maximum absolute atomic E-state index is 12.4. The van der Waals surface area contributed by atoms with E-state index in [2.05, 4.69) is 15.5 Å². The lowest BCUT2D eigenvalue weighted by molar-refractivity contribution is -0.122. The van der Waals surface area contributed by atoms with E-state index in [1.807, 2.05) is 48.5 Å². The van der Waals surface area contributed by atoms with Gasteiger partial charge >= 0.3 is 0 Å². The summed E-state index contributed by atoms with van der Waals surface area (Å²) in [5.74, 6) is 1.82. The Labute approximate surface area is 162 Å². The molecule has 1 aromatic heterocycles. The quantitative estimate of drug-likeness (QED) is 0.511. The van der Waals surface area contributed by atoms with Crippen LogP contribution in [0.4, 0.5) is 5.69 Å². The van der Waals surface area contributed by atoms with Crippen LogP contribution >= 0.6 is 0 Å². The maximum atomic E-state index is 12.4. The summed E-state index contributed by atoms with van der Waals surface area (Å²) in [7, 11) is 0. The summed E-state index contributed by atoms with van der Waals surface area (Å²) >= 11 is 0. The van der Waals surface area contributed by atoms with Crippen molar-refractivity contribution in [2.24, 2.45) is 0 Å². The minimum Gasteiger partial charge on any atom is -0.481 e. The van der Waals surface area contributed by atoms with Crippen LogP contribution in [0.15, 0.2) is 79.0 Å². The van der Waals surface area contributed by atoms with Gasteiger partial charge in [0.2, 0.25) is 0 Å².